The van der Waals surface area contributed by atoms with Crippen molar-refractivity contribution in [2.45, 2.75) is 5.38 Å². The third-order valence-electron chi connectivity index (χ3n) is 3.02. The molecular formula is C15H9Br2ClO. The first kappa shape index (κ1) is 13.2. The van der Waals surface area contributed by atoms with Gasteiger partial charge in [0, 0.05) is 4.47 Å². The van der Waals surface area contributed by atoms with Crippen molar-refractivity contribution in [3.05, 3.63) is 69.0 Å². The molecule has 3 rings (SSSR count). The molecule has 19 heavy (non-hydrogen) atoms. The van der Waals surface area contributed by atoms with E-state index in [9.17, 15) is 0 Å². The van der Waals surface area contributed by atoms with Gasteiger partial charge in [-0.1, -0.05) is 46.3 Å². The van der Waals surface area contributed by atoms with Gasteiger partial charge in [0.1, 0.15) is 11.1 Å². The molecule has 1 nitrogen and oxygen atoms in total. The number of rotatable bonds is 2. The number of benzene rings is 2. The van der Waals surface area contributed by atoms with E-state index < -0.39 is 0 Å². The minimum atomic E-state index is -0.302. The van der Waals surface area contributed by atoms with Gasteiger partial charge < -0.3 is 4.42 Å². The van der Waals surface area contributed by atoms with Gasteiger partial charge in [-0.2, -0.15) is 0 Å². The number of halogens is 3. The van der Waals surface area contributed by atoms with Crippen molar-refractivity contribution in [3.8, 4) is 0 Å². The summed E-state index contributed by atoms with van der Waals surface area (Å²) in [4.78, 5) is 0. The van der Waals surface area contributed by atoms with Crippen molar-refractivity contribution < 1.29 is 4.42 Å². The van der Waals surface area contributed by atoms with E-state index in [0.717, 1.165) is 26.6 Å². The van der Waals surface area contributed by atoms with E-state index in [1.807, 2.05) is 36.4 Å². The zero-order valence-electron chi connectivity index (χ0n) is 9.74. The van der Waals surface area contributed by atoms with Crippen molar-refractivity contribution in [3.63, 3.8) is 0 Å². The maximum absolute atomic E-state index is 6.55. The molecule has 1 unspecified atom stereocenters. The summed E-state index contributed by atoms with van der Waals surface area (Å²) >= 11 is 13.4. The van der Waals surface area contributed by atoms with E-state index in [-0.39, 0.29) is 5.38 Å². The Morgan fingerprint density at radius 1 is 0.895 bits per heavy atom. The van der Waals surface area contributed by atoms with Crippen molar-refractivity contribution in [2.24, 2.45) is 0 Å². The molecule has 0 saturated carbocycles. The lowest BCUT2D eigenvalue weighted by Gasteiger charge is -2.12. The Hall–Kier alpha value is -0.770. The van der Waals surface area contributed by atoms with Crippen LogP contribution in [0.1, 0.15) is 16.7 Å². The quantitative estimate of drug-likeness (QED) is 0.461. The van der Waals surface area contributed by atoms with Crippen LogP contribution in [-0.2, 0) is 0 Å². The second kappa shape index (κ2) is 5.31. The molecule has 2 aromatic carbocycles. The van der Waals surface area contributed by atoms with Crippen LogP contribution in [0.3, 0.4) is 0 Å². The minimum absolute atomic E-state index is 0.302. The van der Waals surface area contributed by atoms with E-state index in [0.29, 0.717) is 4.67 Å². The fraction of sp³-hybridized carbons (Fsp3) is 0.0667. The molecule has 1 atom stereocenters. The number of fused-ring (bicyclic) bond motifs is 1. The van der Waals surface area contributed by atoms with Crippen LogP contribution in [-0.4, -0.2) is 0 Å². The Kier molecular flexibility index (Phi) is 3.70. The van der Waals surface area contributed by atoms with Crippen LogP contribution in [0.2, 0.25) is 0 Å². The van der Waals surface area contributed by atoms with Crippen LogP contribution in [0.5, 0.6) is 0 Å². The minimum Gasteiger partial charge on any atom is -0.452 e. The molecule has 0 N–H and O–H groups in total. The molecule has 96 valence electrons. The molecule has 0 saturated heterocycles. The summed E-state index contributed by atoms with van der Waals surface area (Å²) < 4.78 is 7.31. The second-order valence-corrected chi connectivity index (χ2v) is 6.26. The van der Waals surface area contributed by atoms with Crippen molar-refractivity contribution in [2.75, 3.05) is 0 Å². The van der Waals surface area contributed by atoms with Gasteiger partial charge >= 0.3 is 0 Å². The van der Waals surface area contributed by atoms with Gasteiger partial charge in [-0.15, -0.1) is 11.6 Å². The summed E-state index contributed by atoms with van der Waals surface area (Å²) in [5.41, 5.74) is 1.04. The largest absolute Gasteiger partial charge is 0.452 e. The predicted molar refractivity (Wildman–Crippen MR) is 85.8 cm³/mol. The zero-order chi connectivity index (χ0) is 13.4. The molecule has 0 aliphatic heterocycles. The van der Waals surface area contributed by atoms with Crippen molar-refractivity contribution in [1.82, 2.24) is 0 Å². The first-order chi connectivity index (χ1) is 9.16. The summed E-state index contributed by atoms with van der Waals surface area (Å²) in [5, 5.41) is 1.98. The molecular weight excluding hydrogens is 391 g/mol. The highest BCUT2D eigenvalue weighted by atomic mass is 79.9. The molecule has 0 spiro atoms. The van der Waals surface area contributed by atoms with Gasteiger partial charge in [-0.05, 0) is 50.5 Å². The fourth-order valence-corrected chi connectivity index (χ4v) is 3.23. The van der Waals surface area contributed by atoms with Gasteiger partial charge in [0.05, 0.1) is 0 Å². The second-order valence-electron chi connectivity index (χ2n) is 4.19. The molecule has 0 radical (unpaired) electrons. The lowest BCUT2D eigenvalue weighted by Crippen LogP contribution is -1.93. The van der Waals surface area contributed by atoms with E-state index in [1.54, 1.807) is 0 Å². The van der Waals surface area contributed by atoms with Crippen molar-refractivity contribution in [1.29, 1.82) is 0 Å². The highest BCUT2D eigenvalue weighted by Gasteiger charge is 2.17. The normalized spacial score (nSPS) is 12.8. The average Bonchev–Trinajstić information content (AvgIpc) is 2.86. The number of hydrogen-bond acceptors (Lipinski definition) is 1. The maximum atomic E-state index is 6.55. The maximum Gasteiger partial charge on any atom is 0.169 e. The van der Waals surface area contributed by atoms with E-state index >= 15 is 0 Å². The Balaban J connectivity index is 2.18. The van der Waals surface area contributed by atoms with Gasteiger partial charge in [-0.25, -0.2) is 0 Å². The fourth-order valence-electron chi connectivity index (χ4n) is 2.12. The summed E-state index contributed by atoms with van der Waals surface area (Å²) in [6.07, 6.45) is 0. The van der Waals surface area contributed by atoms with E-state index in [4.69, 9.17) is 16.0 Å². The van der Waals surface area contributed by atoms with Crippen LogP contribution < -0.4 is 0 Å². The van der Waals surface area contributed by atoms with Crippen LogP contribution in [0.4, 0.5) is 0 Å². The number of furan rings is 1. The molecule has 1 aromatic heterocycles. The lowest BCUT2D eigenvalue weighted by molar-refractivity contribution is 0.494. The lowest BCUT2D eigenvalue weighted by atomic mass is 10.0. The molecule has 0 amide bonds. The molecule has 3 aromatic rings. The standard InChI is InChI=1S/C15H9Br2ClO/c16-12-6-5-11(9-3-1-2-4-10(9)12)15(18)13-7-8-14(17)19-13/h1-8,15H. The highest BCUT2D eigenvalue weighted by molar-refractivity contribution is 9.10. The smallest absolute Gasteiger partial charge is 0.169 e. The first-order valence-electron chi connectivity index (χ1n) is 5.73. The van der Waals surface area contributed by atoms with Gasteiger partial charge in [0.15, 0.2) is 4.67 Å². The van der Waals surface area contributed by atoms with Gasteiger partial charge in [0.2, 0.25) is 0 Å². The molecule has 0 bridgehead atoms. The highest BCUT2D eigenvalue weighted by Crippen LogP contribution is 2.37. The average molecular weight is 400 g/mol. The van der Waals surface area contributed by atoms with Crippen LogP contribution in [0.25, 0.3) is 10.8 Å². The predicted octanol–water partition coefficient (Wildman–Crippen LogP) is 6.29. The third kappa shape index (κ3) is 2.47. The zero-order valence-corrected chi connectivity index (χ0v) is 13.7. The Morgan fingerprint density at radius 3 is 2.32 bits per heavy atom. The number of hydrogen-bond donors (Lipinski definition) is 0. The number of alkyl halides is 1. The van der Waals surface area contributed by atoms with Gasteiger partial charge in [0.25, 0.3) is 0 Å². The first-order valence-corrected chi connectivity index (χ1v) is 7.75. The third-order valence-corrected chi connectivity index (χ3v) is 4.59. The topological polar surface area (TPSA) is 13.1 Å². The summed E-state index contributed by atoms with van der Waals surface area (Å²) in [6.45, 7) is 0. The van der Waals surface area contributed by atoms with E-state index in [2.05, 4.69) is 44.0 Å². The Bertz CT molecular complexity index is 736. The molecule has 0 aliphatic rings. The van der Waals surface area contributed by atoms with Gasteiger partial charge in [-0.3, -0.25) is 0 Å². The van der Waals surface area contributed by atoms with Crippen molar-refractivity contribution >= 4 is 54.2 Å². The summed E-state index contributed by atoms with van der Waals surface area (Å²) in [5.74, 6) is 0.737. The Morgan fingerprint density at radius 2 is 1.63 bits per heavy atom. The van der Waals surface area contributed by atoms with Crippen LogP contribution in [0, 0.1) is 0 Å². The van der Waals surface area contributed by atoms with E-state index in [1.165, 1.54) is 0 Å². The monoisotopic (exact) mass is 398 g/mol. The molecule has 4 heteroatoms. The molecule has 0 aliphatic carbocycles. The molecule has 1 heterocycles. The SMILES string of the molecule is ClC(c1ccc(Br)o1)c1ccc(Br)c2ccccc12. The Labute approximate surface area is 132 Å². The van der Waals surface area contributed by atoms with Crippen LogP contribution >= 0.6 is 43.5 Å². The summed E-state index contributed by atoms with van der Waals surface area (Å²) in [7, 11) is 0. The molecule has 0 fully saturated rings. The summed E-state index contributed by atoms with van der Waals surface area (Å²) in [6, 6.07) is 16.0. The van der Waals surface area contributed by atoms with Crippen LogP contribution in [0.15, 0.2) is 62.1 Å².